The molecule has 1 atom stereocenters. The molecule has 1 unspecified atom stereocenters. The largest absolute Gasteiger partial charge is 0.323 e. The summed E-state index contributed by atoms with van der Waals surface area (Å²) in [6.45, 7) is 0. The van der Waals surface area contributed by atoms with E-state index < -0.39 is 11.5 Å². The van der Waals surface area contributed by atoms with Gasteiger partial charge < -0.3 is 5.73 Å². The van der Waals surface area contributed by atoms with Crippen LogP contribution < -0.4 is 5.73 Å². The molecular formula is C12H13FN2. The smallest absolute Gasteiger partial charge is 0.128 e. The number of nitrogens with two attached hydrogens (primary N) is 1. The molecule has 1 aromatic rings. The Bertz CT molecular complexity index is 404. The third-order valence-corrected chi connectivity index (χ3v) is 3.30. The molecule has 0 bridgehead atoms. The van der Waals surface area contributed by atoms with Crippen LogP contribution in [0.15, 0.2) is 24.3 Å². The summed E-state index contributed by atoms with van der Waals surface area (Å²) in [6.07, 6.45) is 2.56. The van der Waals surface area contributed by atoms with E-state index in [2.05, 4.69) is 6.07 Å². The van der Waals surface area contributed by atoms with Gasteiger partial charge in [-0.15, -0.1) is 0 Å². The van der Waals surface area contributed by atoms with Gasteiger partial charge in [-0.05, 0) is 18.9 Å². The Kier molecular flexibility index (Phi) is 2.45. The molecule has 3 heteroatoms. The zero-order valence-corrected chi connectivity index (χ0v) is 8.41. The Morgan fingerprint density at radius 3 is 2.53 bits per heavy atom. The molecular weight excluding hydrogens is 191 g/mol. The quantitative estimate of drug-likeness (QED) is 0.804. The van der Waals surface area contributed by atoms with E-state index in [4.69, 9.17) is 11.0 Å². The first-order valence-corrected chi connectivity index (χ1v) is 5.11. The number of nitrogens with zero attached hydrogens (tertiary/aromatic N) is 1. The van der Waals surface area contributed by atoms with E-state index in [1.165, 1.54) is 6.07 Å². The van der Waals surface area contributed by atoms with Gasteiger partial charge >= 0.3 is 0 Å². The fraction of sp³-hybridized carbons (Fsp3) is 0.417. The Hall–Kier alpha value is -1.40. The molecule has 1 aliphatic carbocycles. The van der Waals surface area contributed by atoms with E-state index in [9.17, 15) is 4.39 Å². The molecule has 15 heavy (non-hydrogen) atoms. The molecule has 0 aliphatic heterocycles. The first-order chi connectivity index (χ1) is 7.19. The second-order valence-corrected chi connectivity index (χ2v) is 4.12. The zero-order valence-electron chi connectivity index (χ0n) is 8.41. The topological polar surface area (TPSA) is 49.8 Å². The van der Waals surface area contributed by atoms with Gasteiger partial charge in [0.1, 0.15) is 5.82 Å². The van der Waals surface area contributed by atoms with Gasteiger partial charge in [-0.3, -0.25) is 0 Å². The molecule has 1 aliphatic rings. The fourth-order valence-electron chi connectivity index (χ4n) is 2.08. The molecule has 1 aromatic carbocycles. The van der Waals surface area contributed by atoms with Gasteiger partial charge in [-0.2, -0.15) is 5.26 Å². The van der Waals surface area contributed by atoms with Crippen LogP contribution in [0.3, 0.4) is 0 Å². The van der Waals surface area contributed by atoms with Crippen LogP contribution in [0.1, 0.15) is 30.9 Å². The van der Waals surface area contributed by atoms with E-state index >= 15 is 0 Å². The Morgan fingerprint density at radius 1 is 1.40 bits per heavy atom. The van der Waals surface area contributed by atoms with Crippen molar-refractivity contribution in [2.24, 2.45) is 11.1 Å². The van der Waals surface area contributed by atoms with E-state index in [0.717, 1.165) is 19.3 Å². The number of rotatable bonds is 2. The van der Waals surface area contributed by atoms with Crippen LogP contribution in [0.5, 0.6) is 0 Å². The van der Waals surface area contributed by atoms with Crippen molar-refractivity contribution >= 4 is 0 Å². The van der Waals surface area contributed by atoms with Gasteiger partial charge in [-0.1, -0.05) is 24.6 Å². The number of hydrogen-bond donors (Lipinski definition) is 1. The maximum Gasteiger partial charge on any atom is 0.128 e. The lowest BCUT2D eigenvalue weighted by Crippen LogP contribution is -2.39. The highest BCUT2D eigenvalue weighted by atomic mass is 19.1. The van der Waals surface area contributed by atoms with Crippen molar-refractivity contribution in [3.05, 3.63) is 35.6 Å². The molecule has 2 nitrogen and oxygen atoms in total. The lowest BCUT2D eigenvalue weighted by atomic mass is 9.63. The first-order valence-electron chi connectivity index (χ1n) is 5.11. The van der Waals surface area contributed by atoms with Crippen molar-refractivity contribution in [2.75, 3.05) is 0 Å². The van der Waals surface area contributed by atoms with Crippen molar-refractivity contribution in [3.63, 3.8) is 0 Å². The van der Waals surface area contributed by atoms with Crippen LogP contribution in [-0.2, 0) is 0 Å². The lowest BCUT2D eigenvalue weighted by molar-refractivity contribution is 0.166. The fourth-order valence-corrected chi connectivity index (χ4v) is 2.08. The highest BCUT2D eigenvalue weighted by Gasteiger charge is 2.44. The molecule has 0 heterocycles. The lowest BCUT2D eigenvalue weighted by Gasteiger charge is -2.40. The number of halogens is 1. The van der Waals surface area contributed by atoms with E-state index in [-0.39, 0.29) is 5.82 Å². The average molecular weight is 204 g/mol. The van der Waals surface area contributed by atoms with Crippen molar-refractivity contribution in [2.45, 2.75) is 25.3 Å². The molecule has 0 aromatic heterocycles. The normalized spacial score (nSPS) is 20.1. The van der Waals surface area contributed by atoms with Crippen LogP contribution in [0.2, 0.25) is 0 Å². The minimum atomic E-state index is -0.539. The Morgan fingerprint density at radius 2 is 2.07 bits per heavy atom. The average Bonchev–Trinajstić information content (AvgIpc) is 2.17. The maximum atomic E-state index is 13.5. The van der Waals surface area contributed by atoms with Crippen LogP contribution in [-0.4, -0.2) is 0 Å². The second-order valence-electron chi connectivity index (χ2n) is 4.12. The highest BCUT2D eigenvalue weighted by Crippen LogP contribution is 2.48. The minimum Gasteiger partial charge on any atom is -0.323 e. The van der Waals surface area contributed by atoms with Gasteiger partial charge in [0.05, 0.1) is 17.5 Å². The Balaban J connectivity index is 2.32. The maximum absolute atomic E-state index is 13.5. The molecule has 2 rings (SSSR count). The summed E-state index contributed by atoms with van der Waals surface area (Å²) < 4.78 is 13.5. The van der Waals surface area contributed by atoms with E-state index in [1.54, 1.807) is 18.2 Å². The van der Waals surface area contributed by atoms with Crippen molar-refractivity contribution < 1.29 is 4.39 Å². The van der Waals surface area contributed by atoms with Gasteiger partial charge in [0.2, 0.25) is 0 Å². The standard InChI is InChI=1S/C12H13FN2/c13-10-5-2-1-4-9(10)11(15)12(8-14)6-3-7-12/h1-2,4-5,11H,3,6-7,15H2. The van der Waals surface area contributed by atoms with Crippen molar-refractivity contribution in [1.29, 1.82) is 5.26 Å². The van der Waals surface area contributed by atoms with Gasteiger partial charge in [0, 0.05) is 5.56 Å². The molecule has 1 saturated carbocycles. The monoisotopic (exact) mass is 204 g/mol. The third-order valence-electron chi connectivity index (χ3n) is 3.30. The van der Waals surface area contributed by atoms with Crippen LogP contribution in [0, 0.1) is 22.6 Å². The summed E-state index contributed by atoms with van der Waals surface area (Å²) in [7, 11) is 0. The molecule has 2 N–H and O–H groups in total. The minimum absolute atomic E-state index is 0.313. The molecule has 78 valence electrons. The van der Waals surface area contributed by atoms with E-state index in [0.29, 0.717) is 5.56 Å². The van der Waals surface area contributed by atoms with Crippen molar-refractivity contribution in [3.8, 4) is 6.07 Å². The molecule has 0 spiro atoms. The van der Waals surface area contributed by atoms with Crippen LogP contribution in [0.25, 0.3) is 0 Å². The van der Waals surface area contributed by atoms with Gasteiger partial charge in [0.25, 0.3) is 0 Å². The number of benzene rings is 1. The van der Waals surface area contributed by atoms with E-state index in [1.807, 2.05) is 0 Å². The van der Waals surface area contributed by atoms with Crippen LogP contribution in [0.4, 0.5) is 4.39 Å². The summed E-state index contributed by atoms with van der Waals surface area (Å²) in [5, 5.41) is 9.11. The predicted octanol–water partition coefficient (Wildman–Crippen LogP) is 2.52. The highest BCUT2D eigenvalue weighted by molar-refractivity contribution is 5.27. The van der Waals surface area contributed by atoms with Gasteiger partial charge in [0.15, 0.2) is 0 Å². The third kappa shape index (κ3) is 1.51. The molecule has 0 radical (unpaired) electrons. The molecule has 1 fully saturated rings. The molecule has 0 amide bonds. The zero-order chi connectivity index (χ0) is 10.9. The second kappa shape index (κ2) is 3.63. The number of hydrogen-bond acceptors (Lipinski definition) is 2. The molecule has 0 saturated heterocycles. The predicted molar refractivity (Wildman–Crippen MR) is 55.2 cm³/mol. The summed E-state index contributed by atoms with van der Waals surface area (Å²) in [5.74, 6) is -0.313. The SMILES string of the molecule is N#CC1(C(N)c2ccccc2F)CCC1. The summed E-state index contributed by atoms with van der Waals surface area (Å²) in [5.41, 5.74) is 5.90. The van der Waals surface area contributed by atoms with Crippen LogP contribution >= 0.6 is 0 Å². The van der Waals surface area contributed by atoms with Crippen molar-refractivity contribution in [1.82, 2.24) is 0 Å². The first kappa shape index (κ1) is 10.1. The number of nitriles is 1. The summed E-state index contributed by atoms with van der Waals surface area (Å²) in [6, 6.07) is 8.18. The van der Waals surface area contributed by atoms with Gasteiger partial charge in [-0.25, -0.2) is 4.39 Å². The summed E-state index contributed by atoms with van der Waals surface area (Å²) in [4.78, 5) is 0. The summed E-state index contributed by atoms with van der Waals surface area (Å²) >= 11 is 0. The Labute approximate surface area is 88.5 Å².